The van der Waals surface area contributed by atoms with Crippen LogP contribution in [0.5, 0.6) is 0 Å². The van der Waals surface area contributed by atoms with E-state index in [1.165, 1.54) is 0 Å². The molecule has 0 aliphatic carbocycles. The Morgan fingerprint density at radius 2 is 1.88 bits per heavy atom. The molecule has 0 saturated carbocycles. The normalized spacial score (nSPS) is 11.8. The van der Waals surface area contributed by atoms with Crippen LogP contribution in [0.3, 0.4) is 0 Å². The maximum atomic E-state index is 12.5. The number of anilines is 1. The van der Waals surface area contributed by atoms with E-state index in [0.29, 0.717) is 18.4 Å². The van der Waals surface area contributed by atoms with Crippen LogP contribution in [0.4, 0.5) is 5.69 Å². The van der Waals surface area contributed by atoms with Gasteiger partial charge in [0.15, 0.2) is 0 Å². The predicted molar refractivity (Wildman–Crippen MR) is 96.7 cm³/mol. The molecule has 1 aromatic heterocycles. The molecular formula is C19H27N3O2. The van der Waals surface area contributed by atoms with Gasteiger partial charge in [-0.25, -0.2) is 4.98 Å². The Kier molecular flexibility index (Phi) is 5.78. The van der Waals surface area contributed by atoms with Crippen LogP contribution in [0.2, 0.25) is 0 Å². The highest BCUT2D eigenvalue weighted by molar-refractivity contribution is 5.95. The highest BCUT2D eigenvalue weighted by atomic mass is 16.4. The van der Waals surface area contributed by atoms with Crippen molar-refractivity contribution >= 4 is 11.6 Å². The van der Waals surface area contributed by atoms with Crippen molar-refractivity contribution in [1.29, 1.82) is 0 Å². The van der Waals surface area contributed by atoms with Gasteiger partial charge in [-0.1, -0.05) is 27.7 Å². The molecule has 0 bridgehead atoms. The third-order valence-corrected chi connectivity index (χ3v) is 4.71. The number of amides is 1. The first-order valence-corrected chi connectivity index (χ1v) is 8.53. The number of oxazole rings is 1. The van der Waals surface area contributed by atoms with E-state index in [-0.39, 0.29) is 5.91 Å². The summed E-state index contributed by atoms with van der Waals surface area (Å²) in [5.74, 6) is 1.73. The minimum Gasteiger partial charge on any atom is -0.441 e. The second-order valence-corrected chi connectivity index (χ2v) is 6.45. The van der Waals surface area contributed by atoms with Crippen molar-refractivity contribution in [2.24, 2.45) is 11.1 Å². The largest absolute Gasteiger partial charge is 0.441 e. The Bertz CT molecular complexity index is 662. The molecule has 0 fully saturated rings. The summed E-state index contributed by atoms with van der Waals surface area (Å²) in [7, 11) is 0. The summed E-state index contributed by atoms with van der Waals surface area (Å²) < 4.78 is 5.74. The molecule has 0 radical (unpaired) electrons. The van der Waals surface area contributed by atoms with Gasteiger partial charge in [0.25, 0.3) is 0 Å². The SMILES string of the molecule is CCC(CC)(CN)C(=O)Nc1ccc(-c2ncc(C(C)C)o2)cc1. The first-order chi connectivity index (χ1) is 11.5. The monoisotopic (exact) mass is 329 g/mol. The summed E-state index contributed by atoms with van der Waals surface area (Å²) in [6, 6.07) is 7.51. The molecular weight excluding hydrogens is 302 g/mol. The van der Waals surface area contributed by atoms with Gasteiger partial charge in [0.2, 0.25) is 11.8 Å². The predicted octanol–water partition coefficient (Wildman–Crippen LogP) is 4.17. The van der Waals surface area contributed by atoms with E-state index in [2.05, 4.69) is 24.1 Å². The lowest BCUT2D eigenvalue weighted by Gasteiger charge is -2.28. The smallest absolute Gasteiger partial charge is 0.231 e. The molecule has 0 saturated heterocycles. The number of hydrogen-bond donors (Lipinski definition) is 2. The fourth-order valence-corrected chi connectivity index (χ4v) is 2.60. The maximum absolute atomic E-state index is 12.5. The molecule has 1 aromatic carbocycles. The molecule has 0 aliphatic heterocycles. The minimum absolute atomic E-state index is 0.0269. The van der Waals surface area contributed by atoms with Crippen LogP contribution >= 0.6 is 0 Å². The van der Waals surface area contributed by atoms with Crippen LogP contribution < -0.4 is 11.1 Å². The number of carbonyl (C=O) groups is 1. The molecule has 3 N–H and O–H groups in total. The van der Waals surface area contributed by atoms with Crippen LogP contribution in [0, 0.1) is 5.41 Å². The lowest BCUT2D eigenvalue weighted by Crippen LogP contribution is -2.41. The Morgan fingerprint density at radius 1 is 1.25 bits per heavy atom. The molecule has 1 heterocycles. The molecule has 0 spiro atoms. The van der Waals surface area contributed by atoms with E-state index >= 15 is 0 Å². The summed E-state index contributed by atoms with van der Waals surface area (Å²) in [5, 5.41) is 2.97. The number of carbonyl (C=O) groups excluding carboxylic acids is 1. The van der Waals surface area contributed by atoms with Crippen molar-refractivity contribution in [3.63, 3.8) is 0 Å². The van der Waals surface area contributed by atoms with Gasteiger partial charge >= 0.3 is 0 Å². The van der Waals surface area contributed by atoms with Crippen LogP contribution in [0.25, 0.3) is 11.5 Å². The zero-order chi connectivity index (χ0) is 17.7. The van der Waals surface area contributed by atoms with Gasteiger partial charge in [0.05, 0.1) is 11.6 Å². The van der Waals surface area contributed by atoms with Gasteiger partial charge in [-0.3, -0.25) is 4.79 Å². The molecule has 0 aliphatic rings. The minimum atomic E-state index is -0.507. The quantitative estimate of drug-likeness (QED) is 0.799. The van der Waals surface area contributed by atoms with E-state index in [1.54, 1.807) is 6.20 Å². The summed E-state index contributed by atoms with van der Waals surface area (Å²) in [4.78, 5) is 16.8. The van der Waals surface area contributed by atoms with Gasteiger partial charge in [-0.15, -0.1) is 0 Å². The third kappa shape index (κ3) is 3.67. The fourth-order valence-electron chi connectivity index (χ4n) is 2.60. The average Bonchev–Trinajstić information content (AvgIpc) is 3.08. The molecule has 0 atom stereocenters. The first-order valence-electron chi connectivity index (χ1n) is 8.53. The number of aromatic nitrogens is 1. The number of benzene rings is 1. The Balaban J connectivity index is 2.13. The number of nitrogens with two attached hydrogens (primary N) is 1. The maximum Gasteiger partial charge on any atom is 0.231 e. The van der Waals surface area contributed by atoms with Crippen LogP contribution in [0.15, 0.2) is 34.9 Å². The van der Waals surface area contributed by atoms with Gasteiger partial charge in [0.1, 0.15) is 5.76 Å². The molecule has 5 nitrogen and oxygen atoms in total. The average molecular weight is 329 g/mol. The Hall–Kier alpha value is -2.14. The van der Waals surface area contributed by atoms with Crippen LogP contribution in [-0.4, -0.2) is 17.4 Å². The molecule has 130 valence electrons. The second kappa shape index (κ2) is 7.62. The van der Waals surface area contributed by atoms with Gasteiger partial charge in [-0.2, -0.15) is 0 Å². The van der Waals surface area contributed by atoms with Crippen LogP contribution in [0.1, 0.15) is 52.2 Å². The van der Waals surface area contributed by atoms with Crippen LogP contribution in [-0.2, 0) is 4.79 Å². The van der Waals surface area contributed by atoms with E-state index in [0.717, 1.165) is 29.9 Å². The van der Waals surface area contributed by atoms with E-state index < -0.39 is 5.41 Å². The number of rotatable bonds is 7. The van der Waals surface area contributed by atoms with Crippen molar-refractivity contribution in [3.8, 4) is 11.5 Å². The zero-order valence-electron chi connectivity index (χ0n) is 14.9. The number of nitrogens with one attached hydrogen (secondary N) is 1. The van der Waals surface area contributed by atoms with Gasteiger partial charge in [0, 0.05) is 23.7 Å². The molecule has 2 aromatic rings. The molecule has 1 amide bonds. The second-order valence-electron chi connectivity index (χ2n) is 6.45. The number of nitrogens with zero attached hydrogens (tertiary/aromatic N) is 1. The van der Waals surface area contributed by atoms with Crippen molar-refractivity contribution in [3.05, 3.63) is 36.2 Å². The molecule has 2 rings (SSSR count). The van der Waals surface area contributed by atoms with Crippen molar-refractivity contribution in [2.75, 3.05) is 11.9 Å². The first kappa shape index (κ1) is 18.2. The topological polar surface area (TPSA) is 81.2 Å². The number of hydrogen-bond acceptors (Lipinski definition) is 4. The van der Waals surface area contributed by atoms with Crippen molar-refractivity contribution in [2.45, 2.75) is 46.5 Å². The molecule has 5 heteroatoms. The summed E-state index contributed by atoms with van der Waals surface area (Å²) in [6.45, 7) is 8.46. The van der Waals surface area contributed by atoms with Crippen molar-refractivity contribution in [1.82, 2.24) is 4.98 Å². The summed E-state index contributed by atoms with van der Waals surface area (Å²) in [6.07, 6.45) is 3.20. The zero-order valence-corrected chi connectivity index (χ0v) is 14.9. The lowest BCUT2D eigenvalue weighted by molar-refractivity contribution is -0.125. The highest BCUT2D eigenvalue weighted by Crippen LogP contribution is 2.28. The summed E-state index contributed by atoms with van der Waals surface area (Å²) >= 11 is 0. The standard InChI is InChI=1S/C19H27N3O2/c1-5-19(6-2,12-20)18(23)22-15-9-7-14(8-10-15)17-21-11-16(24-17)13(3)4/h7-11,13H,5-6,12,20H2,1-4H3,(H,22,23). The van der Waals surface area contributed by atoms with E-state index in [4.69, 9.17) is 10.2 Å². The van der Waals surface area contributed by atoms with E-state index in [9.17, 15) is 4.79 Å². The molecule has 0 unspecified atom stereocenters. The summed E-state index contributed by atoms with van der Waals surface area (Å²) in [5.41, 5.74) is 6.96. The molecule has 24 heavy (non-hydrogen) atoms. The fraction of sp³-hybridized carbons (Fsp3) is 0.474. The highest BCUT2D eigenvalue weighted by Gasteiger charge is 2.33. The third-order valence-electron chi connectivity index (χ3n) is 4.71. The lowest BCUT2D eigenvalue weighted by atomic mass is 9.81. The van der Waals surface area contributed by atoms with Gasteiger partial charge in [-0.05, 0) is 37.1 Å². The van der Waals surface area contributed by atoms with Gasteiger partial charge < -0.3 is 15.5 Å². The van der Waals surface area contributed by atoms with Crippen molar-refractivity contribution < 1.29 is 9.21 Å². The Labute approximate surface area is 143 Å². The van der Waals surface area contributed by atoms with E-state index in [1.807, 2.05) is 38.1 Å². The Morgan fingerprint density at radius 3 is 2.33 bits per heavy atom.